The summed E-state index contributed by atoms with van der Waals surface area (Å²) in [4.78, 5) is 2.66. The van der Waals surface area contributed by atoms with Gasteiger partial charge >= 0.3 is 0 Å². The van der Waals surface area contributed by atoms with E-state index in [4.69, 9.17) is 0 Å². The molecule has 1 saturated heterocycles. The van der Waals surface area contributed by atoms with Gasteiger partial charge in [-0.15, -0.1) is 22.6 Å². The lowest BCUT2D eigenvalue weighted by atomic mass is 9.95. The van der Waals surface area contributed by atoms with Crippen molar-refractivity contribution in [2.24, 2.45) is 5.92 Å². The zero-order chi connectivity index (χ0) is 12.7. The van der Waals surface area contributed by atoms with E-state index in [1.54, 1.807) is 0 Å². The molecule has 4 rings (SSSR count). The lowest BCUT2D eigenvalue weighted by Gasteiger charge is -2.32. The minimum atomic E-state index is 0. The molecule has 1 aliphatic carbocycles. The van der Waals surface area contributed by atoms with Crippen molar-refractivity contribution in [1.82, 2.24) is 25.0 Å². The average Bonchev–Trinajstić information content (AvgIpc) is 3.16. The Bertz CT molecular complexity index is 448. The van der Waals surface area contributed by atoms with E-state index in [1.807, 2.05) is 0 Å². The Balaban J connectivity index is 0.00000121. The molecule has 20 heavy (non-hydrogen) atoms. The summed E-state index contributed by atoms with van der Waals surface area (Å²) in [7, 11) is 0. The van der Waals surface area contributed by atoms with E-state index in [0.29, 0.717) is 5.92 Å². The van der Waals surface area contributed by atoms with Crippen molar-refractivity contribution in [3.8, 4) is 0 Å². The second-order valence-electron chi connectivity index (χ2n) is 6.32. The zero-order valence-corrected chi connectivity index (χ0v) is 12.7. The van der Waals surface area contributed by atoms with Crippen LogP contribution in [0.4, 0.5) is 0 Å². The zero-order valence-electron chi connectivity index (χ0n) is 11.9. The van der Waals surface area contributed by atoms with Crippen LogP contribution < -0.4 is 5.32 Å². The van der Waals surface area contributed by atoms with E-state index < -0.39 is 0 Å². The summed E-state index contributed by atoms with van der Waals surface area (Å²) in [5.41, 5.74) is 0. The molecule has 0 amide bonds. The Hall–Kier alpha value is -0.650. The minimum absolute atomic E-state index is 0. The number of hydrogen-bond donors (Lipinski definition) is 1. The van der Waals surface area contributed by atoms with Gasteiger partial charge in [0.2, 0.25) is 0 Å². The van der Waals surface area contributed by atoms with Crippen molar-refractivity contribution in [2.75, 3.05) is 26.2 Å². The van der Waals surface area contributed by atoms with Crippen LogP contribution in [-0.4, -0.2) is 45.8 Å². The molecular weight excluding hydrogens is 274 g/mol. The van der Waals surface area contributed by atoms with Gasteiger partial charge in [0, 0.05) is 25.6 Å². The minimum Gasteiger partial charge on any atom is -0.312 e. The number of likely N-dealkylation sites (tertiary alicyclic amines) is 1. The van der Waals surface area contributed by atoms with Crippen molar-refractivity contribution in [2.45, 2.75) is 44.7 Å². The fourth-order valence-electron chi connectivity index (χ4n) is 3.46. The lowest BCUT2D eigenvalue weighted by molar-refractivity contribution is 0.199. The predicted molar refractivity (Wildman–Crippen MR) is 80.1 cm³/mol. The second kappa shape index (κ2) is 6.00. The van der Waals surface area contributed by atoms with Gasteiger partial charge in [-0.25, -0.2) is 0 Å². The van der Waals surface area contributed by atoms with Gasteiger partial charge in [-0.05, 0) is 44.7 Å². The average molecular weight is 298 g/mol. The summed E-state index contributed by atoms with van der Waals surface area (Å²) in [5, 5.41) is 12.2. The summed E-state index contributed by atoms with van der Waals surface area (Å²) in [5.74, 6) is 4.03. The molecule has 3 heterocycles. The molecule has 0 atom stereocenters. The quantitative estimate of drug-likeness (QED) is 0.916. The van der Waals surface area contributed by atoms with E-state index in [1.165, 1.54) is 51.1 Å². The van der Waals surface area contributed by atoms with Crippen LogP contribution in [0.25, 0.3) is 0 Å². The highest BCUT2D eigenvalue weighted by Crippen LogP contribution is 2.33. The van der Waals surface area contributed by atoms with Crippen LogP contribution >= 0.6 is 12.4 Å². The summed E-state index contributed by atoms with van der Waals surface area (Å²) >= 11 is 0. The Morgan fingerprint density at radius 3 is 2.60 bits per heavy atom. The number of halogens is 1. The van der Waals surface area contributed by atoms with Gasteiger partial charge in [0.15, 0.2) is 0 Å². The van der Waals surface area contributed by atoms with Crippen LogP contribution in [0.15, 0.2) is 0 Å². The molecular formula is C14H24ClN5. The third-order valence-corrected chi connectivity index (χ3v) is 4.82. The first-order chi connectivity index (χ1) is 9.40. The molecule has 3 aliphatic rings. The maximum atomic E-state index is 4.47. The lowest BCUT2D eigenvalue weighted by Crippen LogP contribution is -2.36. The molecule has 112 valence electrons. The van der Waals surface area contributed by atoms with Crippen molar-refractivity contribution in [3.63, 3.8) is 0 Å². The van der Waals surface area contributed by atoms with Crippen molar-refractivity contribution >= 4 is 12.4 Å². The van der Waals surface area contributed by atoms with Crippen LogP contribution in [0.2, 0.25) is 0 Å². The number of nitrogens with zero attached hydrogens (tertiary/aromatic N) is 4. The maximum Gasteiger partial charge on any atom is 0.147 e. The highest BCUT2D eigenvalue weighted by Gasteiger charge is 2.30. The summed E-state index contributed by atoms with van der Waals surface area (Å²) in [6.45, 7) is 6.82. The fourth-order valence-corrected chi connectivity index (χ4v) is 3.46. The van der Waals surface area contributed by atoms with Gasteiger partial charge in [0.1, 0.15) is 11.6 Å². The van der Waals surface area contributed by atoms with E-state index in [2.05, 4.69) is 25.0 Å². The molecule has 0 spiro atoms. The molecule has 6 heteroatoms. The van der Waals surface area contributed by atoms with E-state index in [-0.39, 0.29) is 12.4 Å². The Morgan fingerprint density at radius 2 is 1.85 bits per heavy atom. The Morgan fingerprint density at radius 1 is 1.05 bits per heavy atom. The third-order valence-electron chi connectivity index (χ3n) is 4.82. The fraction of sp³-hybridized carbons (Fsp3) is 0.857. The van der Waals surface area contributed by atoms with E-state index in [0.717, 1.165) is 31.4 Å². The van der Waals surface area contributed by atoms with Crippen LogP contribution in [-0.2, 0) is 13.1 Å². The smallest absolute Gasteiger partial charge is 0.147 e. The molecule has 5 nitrogen and oxygen atoms in total. The van der Waals surface area contributed by atoms with Crippen LogP contribution in [0.1, 0.15) is 43.3 Å². The first-order valence-corrected chi connectivity index (χ1v) is 7.75. The highest BCUT2D eigenvalue weighted by molar-refractivity contribution is 5.85. The largest absolute Gasteiger partial charge is 0.312 e. The molecule has 0 bridgehead atoms. The monoisotopic (exact) mass is 297 g/mol. The number of rotatable bonds is 3. The van der Waals surface area contributed by atoms with Gasteiger partial charge in [-0.3, -0.25) is 0 Å². The summed E-state index contributed by atoms with van der Waals surface area (Å²) in [6, 6.07) is 0. The number of aromatic nitrogens is 3. The molecule has 1 aromatic heterocycles. The summed E-state index contributed by atoms with van der Waals surface area (Å²) < 4.78 is 2.36. The normalized spacial score (nSPS) is 24.2. The van der Waals surface area contributed by atoms with Crippen molar-refractivity contribution < 1.29 is 0 Å². The molecule has 0 unspecified atom stereocenters. The molecule has 1 saturated carbocycles. The predicted octanol–water partition coefficient (Wildman–Crippen LogP) is 1.39. The highest BCUT2D eigenvalue weighted by atomic mass is 35.5. The first-order valence-electron chi connectivity index (χ1n) is 7.75. The van der Waals surface area contributed by atoms with E-state index in [9.17, 15) is 0 Å². The van der Waals surface area contributed by atoms with Crippen LogP contribution in [0.5, 0.6) is 0 Å². The molecule has 0 radical (unpaired) electrons. The molecule has 1 N–H and O–H groups in total. The molecule has 2 aliphatic heterocycles. The van der Waals surface area contributed by atoms with Crippen LogP contribution in [0, 0.1) is 5.92 Å². The van der Waals surface area contributed by atoms with Gasteiger partial charge in [-0.1, -0.05) is 0 Å². The summed E-state index contributed by atoms with van der Waals surface area (Å²) in [6.07, 6.45) is 5.45. The third kappa shape index (κ3) is 2.85. The van der Waals surface area contributed by atoms with E-state index >= 15 is 0 Å². The van der Waals surface area contributed by atoms with Gasteiger partial charge < -0.3 is 14.8 Å². The van der Waals surface area contributed by atoms with Gasteiger partial charge in [0.05, 0.1) is 6.54 Å². The van der Waals surface area contributed by atoms with Crippen LogP contribution in [0.3, 0.4) is 0 Å². The molecule has 2 fully saturated rings. The SMILES string of the molecule is C1Cn2c(nnc2C2CCN(CC3CC3)CC2)CN1.Cl. The molecule has 1 aromatic rings. The Labute approximate surface area is 126 Å². The number of piperidine rings is 1. The second-order valence-corrected chi connectivity index (χ2v) is 6.32. The Kier molecular flexibility index (Phi) is 4.29. The first kappa shape index (κ1) is 14.3. The number of hydrogen-bond acceptors (Lipinski definition) is 4. The molecule has 0 aromatic carbocycles. The standard InChI is InChI=1S/C14H23N5.ClH/c1-2-11(1)10-18-6-3-12(4-7-18)14-17-16-13-9-15-5-8-19(13)14;/h11-12,15H,1-10H2;1H. The van der Waals surface area contributed by atoms with Crippen molar-refractivity contribution in [1.29, 1.82) is 0 Å². The van der Waals surface area contributed by atoms with Gasteiger partial charge in [-0.2, -0.15) is 0 Å². The topological polar surface area (TPSA) is 46.0 Å². The maximum absolute atomic E-state index is 4.47. The number of nitrogens with one attached hydrogen (secondary N) is 1. The van der Waals surface area contributed by atoms with Gasteiger partial charge in [0.25, 0.3) is 0 Å². The number of fused-ring (bicyclic) bond motifs is 1. The van der Waals surface area contributed by atoms with Crippen molar-refractivity contribution in [3.05, 3.63) is 11.6 Å².